The lowest BCUT2D eigenvalue weighted by Crippen LogP contribution is -2.19. The molecule has 8 heteroatoms. The highest BCUT2D eigenvalue weighted by Crippen LogP contribution is 2.20. The topological polar surface area (TPSA) is 94.2 Å². The average Bonchev–Trinajstić information content (AvgIpc) is 2.33. The highest BCUT2D eigenvalue weighted by atomic mass is 32.2. The first-order valence-corrected chi connectivity index (χ1v) is 7.02. The Morgan fingerprint density at radius 2 is 1.95 bits per heavy atom. The van der Waals surface area contributed by atoms with Crippen molar-refractivity contribution in [1.29, 1.82) is 0 Å². The van der Waals surface area contributed by atoms with Crippen LogP contribution in [0.3, 0.4) is 0 Å². The Bertz CT molecular complexity index is 815. The molecule has 0 aliphatic rings. The molecular weight excluding hydrogens is 285 g/mol. The number of aryl methyl sites for hydroxylation is 1. The molecule has 1 aromatic heterocycles. The molecule has 3 N–H and O–H groups in total. The average molecular weight is 297 g/mol. The van der Waals surface area contributed by atoms with Gasteiger partial charge in [-0.05, 0) is 24.3 Å². The van der Waals surface area contributed by atoms with Crippen LogP contribution in [0.4, 0.5) is 15.8 Å². The predicted molar refractivity (Wildman–Crippen MR) is 73.3 cm³/mol. The van der Waals surface area contributed by atoms with Crippen LogP contribution < -0.4 is 16.0 Å². The van der Waals surface area contributed by atoms with Gasteiger partial charge in [-0.2, -0.15) is 0 Å². The third-order valence-electron chi connectivity index (χ3n) is 2.58. The van der Waals surface area contributed by atoms with Crippen LogP contribution in [-0.4, -0.2) is 13.0 Å². The van der Waals surface area contributed by atoms with Crippen LogP contribution in [0, 0.1) is 5.82 Å². The van der Waals surface area contributed by atoms with Crippen molar-refractivity contribution >= 4 is 21.4 Å². The molecule has 0 aliphatic carbocycles. The number of nitrogens with two attached hydrogens (primary N) is 1. The zero-order valence-electron chi connectivity index (χ0n) is 10.5. The number of nitrogens with zero attached hydrogens (tertiary/aromatic N) is 1. The summed E-state index contributed by atoms with van der Waals surface area (Å²) in [5.41, 5.74) is 5.37. The second-order valence-electron chi connectivity index (χ2n) is 4.16. The number of sulfonamides is 1. The number of rotatable bonds is 3. The van der Waals surface area contributed by atoms with E-state index >= 15 is 0 Å². The molecule has 2 aromatic rings. The second-order valence-corrected chi connectivity index (χ2v) is 5.81. The summed E-state index contributed by atoms with van der Waals surface area (Å²) in [5.74, 6) is -0.942. The van der Waals surface area contributed by atoms with Crippen molar-refractivity contribution < 1.29 is 12.8 Å². The first-order chi connectivity index (χ1) is 9.29. The van der Waals surface area contributed by atoms with Gasteiger partial charge in [-0.15, -0.1) is 0 Å². The minimum atomic E-state index is -4.09. The Morgan fingerprint density at radius 1 is 1.25 bits per heavy atom. The molecule has 0 saturated carbocycles. The van der Waals surface area contributed by atoms with Gasteiger partial charge in [0, 0.05) is 25.0 Å². The number of nitrogens with one attached hydrogen (secondary N) is 1. The SMILES string of the molecule is Cn1cc(NS(=O)(=O)c2ccc(N)cc2F)ccc1=O. The summed E-state index contributed by atoms with van der Waals surface area (Å²) in [5, 5.41) is 0. The Hall–Kier alpha value is -2.35. The Balaban J connectivity index is 2.40. The maximum Gasteiger partial charge on any atom is 0.264 e. The highest BCUT2D eigenvalue weighted by molar-refractivity contribution is 7.92. The lowest BCUT2D eigenvalue weighted by atomic mass is 10.3. The predicted octanol–water partition coefficient (Wildman–Crippen LogP) is 0.907. The second kappa shape index (κ2) is 4.97. The summed E-state index contributed by atoms with van der Waals surface area (Å²) in [7, 11) is -2.61. The number of aromatic nitrogens is 1. The Morgan fingerprint density at radius 3 is 2.55 bits per heavy atom. The van der Waals surface area contributed by atoms with Crippen molar-refractivity contribution in [3.8, 4) is 0 Å². The van der Waals surface area contributed by atoms with E-state index in [2.05, 4.69) is 4.72 Å². The molecular formula is C12H12FN3O3S. The van der Waals surface area contributed by atoms with Crippen molar-refractivity contribution in [3.05, 3.63) is 52.7 Å². The number of benzene rings is 1. The van der Waals surface area contributed by atoms with Gasteiger partial charge in [0.1, 0.15) is 10.7 Å². The molecule has 0 unspecified atom stereocenters. The van der Waals surface area contributed by atoms with Crippen molar-refractivity contribution in [2.24, 2.45) is 7.05 Å². The minimum Gasteiger partial charge on any atom is -0.399 e. The molecule has 0 saturated heterocycles. The summed E-state index contributed by atoms with van der Waals surface area (Å²) < 4.78 is 41.1. The minimum absolute atomic E-state index is 0.128. The van der Waals surface area contributed by atoms with Crippen LogP contribution in [0.15, 0.2) is 46.2 Å². The fourth-order valence-corrected chi connectivity index (χ4v) is 2.70. The number of nitrogen functional groups attached to an aromatic ring is 1. The molecule has 0 fully saturated rings. The van der Waals surface area contributed by atoms with Crippen LogP contribution >= 0.6 is 0 Å². The van der Waals surface area contributed by atoms with Gasteiger partial charge < -0.3 is 10.3 Å². The monoisotopic (exact) mass is 297 g/mol. The number of pyridine rings is 1. The van der Waals surface area contributed by atoms with E-state index in [1.807, 2.05) is 0 Å². The van der Waals surface area contributed by atoms with E-state index in [1.54, 1.807) is 0 Å². The van der Waals surface area contributed by atoms with Crippen LogP contribution in [0.2, 0.25) is 0 Å². The van der Waals surface area contributed by atoms with Gasteiger partial charge in [-0.1, -0.05) is 0 Å². The fraction of sp³-hybridized carbons (Fsp3) is 0.0833. The maximum absolute atomic E-state index is 13.6. The normalized spacial score (nSPS) is 11.3. The van der Waals surface area contributed by atoms with Gasteiger partial charge in [-0.3, -0.25) is 9.52 Å². The van der Waals surface area contributed by atoms with Gasteiger partial charge in [0.2, 0.25) is 5.56 Å². The van der Waals surface area contributed by atoms with Crippen LogP contribution in [-0.2, 0) is 17.1 Å². The van der Waals surface area contributed by atoms with E-state index in [1.165, 1.54) is 36.0 Å². The van der Waals surface area contributed by atoms with Crippen molar-refractivity contribution in [2.75, 3.05) is 10.5 Å². The molecule has 2 rings (SSSR count). The van der Waals surface area contributed by atoms with E-state index in [0.717, 1.165) is 12.1 Å². The summed E-state index contributed by atoms with van der Waals surface area (Å²) in [4.78, 5) is 10.7. The largest absolute Gasteiger partial charge is 0.399 e. The summed E-state index contributed by atoms with van der Waals surface area (Å²) in [6.07, 6.45) is 1.30. The van der Waals surface area contributed by atoms with E-state index in [0.29, 0.717) is 0 Å². The molecule has 0 amide bonds. The van der Waals surface area contributed by atoms with Crippen LogP contribution in [0.1, 0.15) is 0 Å². The van der Waals surface area contributed by atoms with Gasteiger partial charge in [0.05, 0.1) is 5.69 Å². The van der Waals surface area contributed by atoms with Gasteiger partial charge in [0.15, 0.2) is 0 Å². The van der Waals surface area contributed by atoms with Crippen LogP contribution in [0.25, 0.3) is 0 Å². The fourth-order valence-electron chi connectivity index (χ4n) is 1.60. The Kier molecular flexibility index (Phi) is 3.49. The number of hydrogen-bond acceptors (Lipinski definition) is 4. The smallest absolute Gasteiger partial charge is 0.264 e. The van der Waals surface area contributed by atoms with Gasteiger partial charge >= 0.3 is 0 Å². The standard InChI is InChI=1S/C12H12FN3O3S/c1-16-7-9(3-5-12(16)17)15-20(18,19)11-4-2-8(14)6-10(11)13/h2-7,15H,14H2,1H3. The third-order valence-corrected chi connectivity index (χ3v) is 4.00. The maximum atomic E-state index is 13.6. The molecule has 106 valence electrons. The summed E-state index contributed by atoms with van der Waals surface area (Å²) in [6.45, 7) is 0. The van der Waals surface area contributed by atoms with Crippen molar-refractivity contribution in [3.63, 3.8) is 0 Å². The van der Waals surface area contributed by atoms with Crippen molar-refractivity contribution in [1.82, 2.24) is 4.57 Å². The highest BCUT2D eigenvalue weighted by Gasteiger charge is 2.19. The van der Waals surface area contributed by atoms with E-state index in [4.69, 9.17) is 5.73 Å². The first-order valence-electron chi connectivity index (χ1n) is 5.54. The number of halogens is 1. The van der Waals surface area contributed by atoms with Crippen LogP contribution in [0.5, 0.6) is 0 Å². The summed E-state index contributed by atoms with van der Waals surface area (Å²) in [6, 6.07) is 5.80. The zero-order valence-corrected chi connectivity index (χ0v) is 11.3. The molecule has 0 spiro atoms. The van der Waals surface area contributed by atoms with E-state index < -0.39 is 20.7 Å². The van der Waals surface area contributed by atoms with Gasteiger partial charge in [-0.25, -0.2) is 12.8 Å². The molecule has 0 aliphatic heterocycles. The quantitative estimate of drug-likeness (QED) is 0.823. The lowest BCUT2D eigenvalue weighted by Gasteiger charge is -2.10. The molecule has 0 bridgehead atoms. The number of anilines is 2. The lowest BCUT2D eigenvalue weighted by molar-refractivity contribution is 0.571. The molecule has 0 atom stereocenters. The zero-order chi connectivity index (χ0) is 14.9. The molecule has 6 nitrogen and oxygen atoms in total. The molecule has 0 radical (unpaired) electrons. The van der Waals surface area contributed by atoms with E-state index in [-0.39, 0.29) is 16.9 Å². The van der Waals surface area contributed by atoms with E-state index in [9.17, 15) is 17.6 Å². The first kappa shape index (κ1) is 14.1. The van der Waals surface area contributed by atoms with Gasteiger partial charge in [0.25, 0.3) is 10.0 Å². The van der Waals surface area contributed by atoms with Crippen molar-refractivity contribution in [2.45, 2.75) is 4.90 Å². The number of hydrogen-bond donors (Lipinski definition) is 2. The summed E-state index contributed by atoms with van der Waals surface area (Å²) >= 11 is 0. The Labute approximate surface area is 114 Å². The molecule has 20 heavy (non-hydrogen) atoms. The third kappa shape index (κ3) is 2.80. The molecule has 1 heterocycles. The molecule has 1 aromatic carbocycles.